The van der Waals surface area contributed by atoms with Crippen molar-refractivity contribution >= 4 is 11.7 Å². The van der Waals surface area contributed by atoms with Crippen LogP contribution in [0.1, 0.15) is 35.7 Å². The van der Waals surface area contributed by atoms with E-state index in [1.165, 1.54) is 35.9 Å². The zero-order chi connectivity index (χ0) is 18.4. The molecule has 0 spiro atoms. The first-order chi connectivity index (χ1) is 11.9. The zero-order valence-electron chi connectivity index (χ0n) is 13.7. The first kappa shape index (κ1) is 18.5. The third-order valence-electron chi connectivity index (χ3n) is 3.59. The summed E-state index contributed by atoms with van der Waals surface area (Å²) >= 11 is 0. The van der Waals surface area contributed by atoms with Gasteiger partial charge in [0.05, 0.1) is 6.54 Å². The van der Waals surface area contributed by atoms with Crippen LogP contribution in [0.3, 0.4) is 0 Å². The molecule has 0 unspecified atom stereocenters. The van der Waals surface area contributed by atoms with Crippen LogP contribution >= 0.6 is 0 Å². The van der Waals surface area contributed by atoms with Gasteiger partial charge in [-0.3, -0.25) is 9.59 Å². The van der Waals surface area contributed by atoms with Crippen LogP contribution in [-0.4, -0.2) is 22.8 Å². The number of Topliss-reactive ketones (excluding diaryl/α,β-unsaturated/α-hetero) is 1. The zero-order valence-corrected chi connectivity index (χ0v) is 13.7. The Morgan fingerprint density at radius 2 is 1.92 bits per heavy atom. The van der Waals surface area contributed by atoms with Crippen molar-refractivity contribution < 1.29 is 18.4 Å². The number of hydrogen-bond acceptors (Lipinski definition) is 3. The van der Waals surface area contributed by atoms with E-state index in [1.807, 2.05) is 0 Å². The number of amides is 1. The molecule has 1 amide bonds. The van der Waals surface area contributed by atoms with Crippen molar-refractivity contribution in [3.05, 3.63) is 69.6 Å². The second kappa shape index (κ2) is 8.32. The number of rotatable bonds is 7. The van der Waals surface area contributed by atoms with Gasteiger partial charge in [0.1, 0.15) is 11.3 Å². The number of ketones is 1. The molecular formula is C18H18F2N2O3. The van der Waals surface area contributed by atoms with Crippen molar-refractivity contribution in [2.75, 3.05) is 6.54 Å². The minimum absolute atomic E-state index is 0.0154. The summed E-state index contributed by atoms with van der Waals surface area (Å²) in [6.07, 6.45) is 2.32. The molecule has 132 valence electrons. The summed E-state index contributed by atoms with van der Waals surface area (Å²) in [5.41, 5.74) is -0.177. The highest BCUT2D eigenvalue weighted by Gasteiger charge is 2.12. The average Bonchev–Trinajstić information content (AvgIpc) is 2.56. The van der Waals surface area contributed by atoms with E-state index in [0.29, 0.717) is 18.4 Å². The number of nitrogens with one attached hydrogen (secondary N) is 1. The van der Waals surface area contributed by atoms with Crippen LogP contribution in [0.5, 0.6) is 0 Å². The largest absolute Gasteiger partial charge is 0.352 e. The number of nitrogens with zero attached hydrogens (tertiary/aromatic N) is 1. The second-order valence-electron chi connectivity index (χ2n) is 5.66. The number of pyridine rings is 1. The van der Waals surface area contributed by atoms with Gasteiger partial charge in [0, 0.05) is 19.2 Å². The van der Waals surface area contributed by atoms with Gasteiger partial charge in [-0.1, -0.05) is 6.07 Å². The lowest BCUT2D eigenvalue weighted by molar-refractivity contribution is -0.117. The van der Waals surface area contributed by atoms with Crippen molar-refractivity contribution in [3.63, 3.8) is 0 Å². The normalized spacial score (nSPS) is 10.5. The number of carbonyl (C=O) groups excluding carboxylic acids is 2. The molecule has 7 heteroatoms. The predicted octanol–water partition coefficient (Wildman–Crippen LogP) is 2.27. The van der Waals surface area contributed by atoms with E-state index < -0.39 is 23.1 Å². The van der Waals surface area contributed by atoms with E-state index in [-0.39, 0.29) is 24.4 Å². The molecule has 0 aliphatic rings. The number of benzene rings is 1. The first-order valence-corrected chi connectivity index (χ1v) is 7.79. The molecule has 0 aliphatic carbocycles. The maximum Gasteiger partial charge on any atom is 0.263 e. The van der Waals surface area contributed by atoms with Gasteiger partial charge >= 0.3 is 0 Å². The number of hydrogen-bond donors (Lipinski definition) is 1. The lowest BCUT2D eigenvalue weighted by Crippen LogP contribution is -2.33. The average molecular weight is 348 g/mol. The summed E-state index contributed by atoms with van der Waals surface area (Å²) in [4.78, 5) is 35.3. The van der Waals surface area contributed by atoms with Gasteiger partial charge in [0.15, 0.2) is 11.6 Å². The third kappa shape index (κ3) is 5.07. The van der Waals surface area contributed by atoms with Crippen molar-refractivity contribution in [1.82, 2.24) is 9.88 Å². The Balaban J connectivity index is 2.10. The predicted molar refractivity (Wildman–Crippen MR) is 88.4 cm³/mol. The Labute approximate surface area is 143 Å². The molecule has 1 aromatic heterocycles. The highest BCUT2D eigenvalue weighted by Crippen LogP contribution is 2.09. The quantitative estimate of drug-likeness (QED) is 0.781. The Bertz CT molecular complexity index is 846. The van der Waals surface area contributed by atoms with Gasteiger partial charge < -0.3 is 14.7 Å². The molecule has 0 fully saturated rings. The molecule has 0 atom stereocenters. The summed E-state index contributed by atoms with van der Waals surface area (Å²) in [7, 11) is 0. The third-order valence-corrected chi connectivity index (χ3v) is 3.59. The molecule has 1 aromatic carbocycles. The fourth-order valence-corrected chi connectivity index (χ4v) is 2.30. The Morgan fingerprint density at radius 3 is 2.60 bits per heavy atom. The topological polar surface area (TPSA) is 68.2 Å². The number of halogens is 2. The molecule has 2 aromatic rings. The van der Waals surface area contributed by atoms with E-state index in [1.54, 1.807) is 0 Å². The van der Waals surface area contributed by atoms with Crippen LogP contribution in [0, 0.1) is 11.6 Å². The van der Waals surface area contributed by atoms with Crippen LogP contribution in [0.15, 0.2) is 41.3 Å². The first-order valence-electron chi connectivity index (χ1n) is 7.79. The molecule has 1 N–H and O–H groups in total. The molecule has 0 bridgehead atoms. The van der Waals surface area contributed by atoms with Crippen molar-refractivity contribution in [2.24, 2.45) is 0 Å². The highest BCUT2D eigenvalue weighted by atomic mass is 19.2. The summed E-state index contributed by atoms with van der Waals surface area (Å²) < 4.78 is 27.5. The minimum Gasteiger partial charge on any atom is -0.352 e. The van der Waals surface area contributed by atoms with Gasteiger partial charge in [-0.2, -0.15) is 0 Å². The molecule has 0 radical (unpaired) electrons. The second-order valence-corrected chi connectivity index (χ2v) is 5.66. The molecule has 0 aliphatic heterocycles. The van der Waals surface area contributed by atoms with Crippen molar-refractivity contribution in [3.8, 4) is 0 Å². The minimum atomic E-state index is -0.995. The maximum atomic E-state index is 13.3. The fraction of sp³-hybridized carbons (Fsp3) is 0.278. The maximum absolute atomic E-state index is 13.3. The van der Waals surface area contributed by atoms with Crippen LogP contribution in [0.2, 0.25) is 0 Å². The van der Waals surface area contributed by atoms with E-state index in [0.717, 1.165) is 12.1 Å². The van der Waals surface area contributed by atoms with E-state index in [4.69, 9.17) is 0 Å². The molecule has 0 saturated carbocycles. The Hall–Kier alpha value is -2.83. The summed E-state index contributed by atoms with van der Waals surface area (Å²) in [5.74, 6) is -2.46. The monoisotopic (exact) mass is 348 g/mol. The Kier molecular flexibility index (Phi) is 6.16. The summed E-state index contributed by atoms with van der Waals surface area (Å²) in [6.45, 7) is 1.77. The molecular weight excluding hydrogens is 330 g/mol. The lowest BCUT2D eigenvalue weighted by atomic mass is 10.2. The number of carbonyl (C=O) groups is 2. The van der Waals surface area contributed by atoms with E-state index in [9.17, 15) is 23.2 Å². The standard InChI is InChI=1S/C18H18F2N2O3/c1-12(23)4-2-8-21-17(24)14-5-3-9-22(18(14)25)11-13-6-7-15(19)16(20)10-13/h3,5-7,9-10H,2,4,8,11H2,1H3,(H,21,24). The van der Waals surface area contributed by atoms with Gasteiger partial charge in [-0.05, 0) is 43.2 Å². The molecule has 5 nitrogen and oxygen atoms in total. The van der Waals surface area contributed by atoms with Crippen molar-refractivity contribution in [1.29, 1.82) is 0 Å². The van der Waals surface area contributed by atoms with Gasteiger partial charge in [0.25, 0.3) is 11.5 Å². The number of aromatic nitrogens is 1. The molecule has 0 saturated heterocycles. The van der Waals surface area contributed by atoms with E-state index in [2.05, 4.69) is 5.32 Å². The van der Waals surface area contributed by atoms with Crippen LogP contribution < -0.4 is 10.9 Å². The van der Waals surface area contributed by atoms with Crippen LogP contribution in [0.25, 0.3) is 0 Å². The van der Waals surface area contributed by atoms with E-state index >= 15 is 0 Å². The van der Waals surface area contributed by atoms with Crippen molar-refractivity contribution in [2.45, 2.75) is 26.3 Å². The SMILES string of the molecule is CC(=O)CCCNC(=O)c1cccn(Cc2ccc(F)c(F)c2)c1=O. The van der Waals surface area contributed by atoms with Gasteiger partial charge in [0.2, 0.25) is 0 Å². The molecule has 25 heavy (non-hydrogen) atoms. The fourth-order valence-electron chi connectivity index (χ4n) is 2.30. The molecule has 2 rings (SSSR count). The van der Waals surface area contributed by atoms with Gasteiger partial charge in [-0.15, -0.1) is 0 Å². The Morgan fingerprint density at radius 1 is 1.16 bits per heavy atom. The van der Waals surface area contributed by atoms with Gasteiger partial charge in [-0.25, -0.2) is 8.78 Å². The van der Waals surface area contributed by atoms with Crippen LogP contribution in [0.4, 0.5) is 8.78 Å². The van der Waals surface area contributed by atoms with Crippen LogP contribution in [-0.2, 0) is 11.3 Å². The smallest absolute Gasteiger partial charge is 0.263 e. The molecule has 1 heterocycles. The summed E-state index contributed by atoms with van der Waals surface area (Å²) in [5, 5.41) is 2.59. The summed E-state index contributed by atoms with van der Waals surface area (Å²) in [6, 6.07) is 6.30. The highest BCUT2D eigenvalue weighted by molar-refractivity contribution is 5.93. The lowest BCUT2D eigenvalue weighted by Gasteiger charge is -2.09.